The van der Waals surface area contributed by atoms with Gasteiger partial charge in [0.05, 0.1) is 13.0 Å². The molecule has 2 aliphatic heterocycles. The summed E-state index contributed by atoms with van der Waals surface area (Å²) in [7, 11) is 0. The van der Waals surface area contributed by atoms with Crippen LogP contribution in [0.4, 0.5) is 0 Å². The third-order valence-electron chi connectivity index (χ3n) is 3.98. The molecule has 98 valence electrons. The van der Waals surface area contributed by atoms with Crippen LogP contribution in [0, 0.1) is 5.92 Å². The van der Waals surface area contributed by atoms with E-state index in [1.165, 1.54) is 19.3 Å². The van der Waals surface area contributed by atoms with Gasteiger partial charge in [-0.25, -0.2) is 0 Å². The van der Waals surface area contributed by atoms with Crippen LogP contribution in [0.15, 0.2) is 0 Å². The van der Waals surface area contributed by atoms with Crippen molar-refractivity contribution < 1.29 is 14.6 Å². The average molecular weight is 241 g/mol. The van der Waals surface area contributed by atoms with Gasteiger partial charge in [-0.3, -0.25) is 9.69 Å². The molecule has 0 saturated carbocycles. The SMILES string of the molecule is O=C(O)CC(C1CCCOC1)N1CCCCC1. The van der Waals surface area contributed by atoms with Gasteiger partial charge in [-0.15, -0.1) is 0 Å². The van der Waals surface area contributed by atoms with Gasteiger partial charge >= 0.3 is 5.97 Å². The van der Waals surface area contributed by atoms with Crippen LogP contribution >= 0.6 is 0 Å². The molecule has 0 aromatic heterocycles. The predicted octanol–water partition coefficient (Wildman–Crippen LogP) is 1.74. The van der Waals surface area contributed by atoms with Crippen LogP contribution in [0.1, 0.15) is 38.5 Å². The quantitative estimate of drug-likeness (QED) is 0.814. The van der Waals surface area contributed by atoms with E-state index >= 15 is 0 Å². The summed E-state index contributed by atoms with van der Waals surface area (Å²) in [5.41, 5.74) is 0. The van der Waals surface area contributed by atoms with Crippen LogP contribution in [0.5, 0.6) is 0 Å². The lowest BCUT2D eigenvalue weighted by Crippen LogP contribution is -2.47. The number of likely N-dealkylation sites (tertiary alicyclic amines) is 1. The number of piperidine rings is 1. The summed E-state index contributed by atoms with van der Waals surface area (Å²) in [6.07, 6.45) is 6.18. The molecule has 2 atom stereocenters. The number of hydrogen-bond acceptors (Lipinski definition) is 3. The molecule has 2 rings (SSSR count). The number of carbonyl (C=O) groups is 1. The van der Waals surface area contributed by atoms with Crippen molar-refractivity contribution in [2.75, 3.05) is 26.3 Å². The summed E-state index contributed by atoms with van der Waals surface area (Å²) >= 11 is 0. The average Bonchev–Trinajstić information content (AvgIpc) is 2.38. The number of hydrogen-bond donors (Lipinski definition) is 1. The fourth-order valence-corrected chi connectivity index (χ4v) is 3.09. The molecular weight excluding hydrogens is 218 g/mol. The topological polar surface area (TPSA) is 49.8 Å². The van der Waals surface area contributed by atoms with Crippen LogP contribution in [0.3, 0.4) is 0 Å². The number of rotatable bonds is 4. The third-order valence-corrected chi connectivity index (χ3v) is 3.98. The third kappa shape index (κ3) is 3.68. The second-order valence-corrected chi connectivity index (χ2v) is 5.24. The van der Waals surface area contributed by atoms with Gasteiger partial charge in [0, 0.05) is 12.6 Å². The second-order valence-electron chi connectivity index (χ2n) is 5.24. The highest BCUT2D eigenvalue weighted by Crippen LogP contribution is 2.26. The van der Waals surface area contributed by atoms with Gasteiger partial charge in [0.2, 0.25) is 0 Å². The van der Waals surface area contributed by atoms with Crippen molar-refractivity contribution in [1.29, 1.82) is 0 Å². The Labute approximate surface area is 103 Å². The van der Waals surface area contributed by atoms with Crippen molar-refractivity contribution in [2.24, 2.45) is 5.92 Å². The first-order valence-electron chi connectivity index (χ1n) is 6.81. The van der Waals surface area contributed by atoms with Crippen molar-refractivity contribution in [3.8, 4) is 0 Å². The minimum atomic E-state index is -0.675. The van der Waals surface area contributed by atoms with Crippen molar-refractivity contribution >= 4 is 5.97 Å². The zero-order valence-electron chi connectivity index (χ0n) is 10.4. The van der Waals surface area contributed by atoms with Crippen molar-refractivity contribution in [1.82, 2.24) is 4.90 Å². The Morgan fingerprint density at radius 1 is 1.29 bits per heavy atom. The highest BCUT2D eigenvalue weighted by molar-refractivity contribution is 5.67. The van der Waals surface area contributed by atoms with Crippen LogP contribution < -0.4 is 0 Å². The molecule has 4 nitrogen and oxygen atoms in total. The predicted molar refractivity (Wildman–Crippen MR) is 65.0 cm³/mol. The Kier molecular flexibility index (Phi) is 4.80. The van der Waals surface area contributed by atoms with Crippen LogP contribution in [0.2, 0.25) is 0 Å². The minimum Gasteiger partial charge on any atom is -0.481 e. The van der Waals surface area contributed by atoms with Gasteiger partial charge in [0.25, 0.3) is 0 Å². The highest BCUT2D eigenvalue weighted by Gasteiger charge is 2.31. The van der Waals surface area contributed by atoms with Gasteiger partial charge in [-0.2, -0.15) is 0 Å². The first-order chi connectivity index (χ1) is 8.27. The lowest BCUT2D eigenvalue weighted by molar-refractivity contribution is -0.139. The summed E-state index contributed by atoms with van der Waals surface area (Å²) < 4.78 is 5.52. The monoisotopic (exact) mass is 241 g/mol. The van der Waals surface area contributed by atoms with Crippen molar-refractivity contribution in [3.05, 3.63) is 0 Å². The molecule has 1 N–H and O–H groups in total. The van der Waals surface area contributed by atoms with Crippen molar-refractivity contribution in [3.63, 3.8) is 0 Å². The first-order valence-corrected chi connectivity index (χ1v) is 6.81. The molecule has 0 aromatic carbocycles. The molecule has 0 aliphatic carbocycles. The van der Waals surface area contributed by atoms with E-state index in [1.54, 1.807) is 0 Å². The molecule has 2 heterocycles. The largest absolute Gasteiger partial charge is 0.481 e. The standard InChI is InChI=1S/C13H23NO3/c15-13(16)9-12(11-5-4-8-17-10-11)14-6-2-1-3-7-14/h11-12H,1-10H2,(H,15,16). The Morgan fingerprint density at radius 2 is 2.06 bits per heavy atom. The van der Waals surface area contributed by atoms with Crippen LogP contribution in [0.25, 0.3) is 0 Å². The van der Waals surface area contributed by atoms with Gasteiger partial charge in [-0.05, 0) is 44.7 Å². The smallest absolute Gasteiger partial charge is 0.304 e. The van der Waals surface area contributed by atoms with E-state index in [0.717, 1.165) is 39.1 Å². The summed E-state index contributed by atoms with van der Waals surface area (Å²) in [4.78, 5) is 13.4. The number of nitrogens with zero attached hydrogens (tertiary/aromatic N) is 1. The van der Waals surface area contributed by atoms with E-state index in [9.17, 15) is 4.79 Å². The fourth-order valence-electron chi connectivity index (χ4n) is 3.09. The molecule has 0 bridgehead atoms. The lowest BCUT2D eigenvalue weighted by atomic mass is 9.89. The molecule has 0 spiro atoms. The van der Waals surface area contributed by atoms with E-state index in [0.29, 0.717) is 5.92 Å². The van der Waals surface area contributed by atoms with E-state index in [-0.39, 0.29) is 12.5 Å². The van der Waals surface area contributed by atoms with Crippen molar-refractivity contribution in [2.45, 2.75) is 44.6 Å². The van der Waals surface area contributed by atoms with E-state index in [1.807, 2.05) is 0 Å². The summed E-state index contributed by atoms with van der Waals surface area (Å²) in [6.45, 7) is 3.72. The van der Waals surface area contributed by atoms with Gasteiger partial charge < -0.3 is 9.84 Å². The summed E-state index contributed by atoms with van der Waals surface area (Å²) in [6, 6.07) is 0.188. The Balaban J connectivity index is 1.97. The molecule has 2 fully saturated rings. The van der Waals surface area contributed by atoms with Gasteiger partial charge in [-0.1, -0.05) is 6.42 Å². The summed E-state index contributed by atoms with van der Waals surface area (Å²) in [5, 5.41) is 9.08. The second kappa shape index (κ2) is 6.36. The maximum absolute atomic E-state index is 11.0. The number of ether oxygens (including phenoxy) is 1. The zero-order valence-corrected chi connectivity index (χ0v) is 10.4. The molecule has 2 aliphatic rings. The lowest BCUT2D eigenvalue weighted by Gasteiger charge is -2.39. The number of aliphatic carboxylic acids is 1. The van der Waals surface area contributed by atoms with E-state index in [4.69, 9.17) is 9.84 Å². The molecular formula is C13H23NO3. The zero-order chi connectivity index (χ0) is 12.1. The normalized spacial score (nSPS) is 28.8. The minimum absolute atomic E-state index is 0.188. The van der Waals surface area contributed by atoms with Gasteiger partial charge in [0.15, 0.2) is 0 Å². The van der Waals surface area contributed by atoms with E-state index < -0.39 is 5.97 Å². The van der Waals surface area contributed by atoms with E-state index in [2.05, 4.69) is 4.90 Å². The maximum atomic E-state index is 11.0. The fraction of sp³-hybridized carbons (Fsp3) is 0.923. The molecule has 2 saturated heterocycles. The molecule has 17 heavy (non-hydrogen) atoms. The molecule has 0 radical (unpaired) electrons. The molecule has 0 amide bonds. The first kappa shape index (κ1) is 12.8. The van der Waals surface area contributed by atoms with Crippen LogP contribution in [-0.4, -0.2) is 48.3 Å². The maximum Gasteiger partial charge on any atom is 0.304 e. The number of carboxylic acids is 1. The number of carboxylic acid groups (broad SMARTS) is 1. The van der Waals surface area contributed by atoms with Gasteiger partial charge in [0.1, 0.15) is 0 Å². The Bertz CT molecular complexity index is 227. The highest BCUT2D eigenvalue weighted by atomic mass is 16.5. The Morgan fingerprint density at radius 3 is 2.65 bits per heavy atom. The molecule has 0 aromatic rings. The Hall–Kier alpha value is -0.610. The summed E-state index contributed by atoms with van der Waals surface area (Å²) in [5.74, 6) is -0.260. The van der Waals surface area contributed by atoms with Crippen LogP contribution in [-0.2, 0) is 9.53 Å². The molecule has 4 heteroatoms. The molecule has 2 unspecified atom stereocenters.